The summed E-state index contributed by atoms with van der Waals surface area (Å²) in [5.74, 6) is 0. The molecule has 3 N–H and O–H groups in total. The first-order chi connectivity index (χ1) is 16.0. The third kappa shape index (κ3) is 7.38. The zero-order chi connectivity index (χ0) is 26.6. The maximum absolute atomic E-state index is 11.9. The Balaban J connectivity index is 2.57. The average molecular weight is 505 g/mol. The van der Waals surface area contributed by atoms with Gasteiger partial charge in [0.15, 0.2) is 8.32 Å². The van der Waals surface area contributed by atoms with Gasteiger partial charge in [0, 0.05) is 11.9 Å². The lowest BCUT2D eigenvalue weighted by Gasteiger charge is -2.46. The Kier molecular flexibility index (Phi) is 8.88. The molecule has 9 nitrogen and oxygen atoms in total. The van der Waals surface area contributed by atoms with Crippen molar-refractivity contribution in [2.45, 2.75) is 84.7 Å². The van der Waals surface area contributed by atoms with Crippen LogP contribution in [0, 0.1) is 15.5 Å². The number of rotatable bonds is 10. The highest BCUT2D eigenvalue weighted by Gasteiger charge is 2.44. The van der Waals surface area contributed by atoms with Crippen molar-refractivity contribution >= 4 is 36.7 Å². The normalized spacial score (nSPS) is 14.4. The van der Waals surface area contributed by atoms with Crippen LogP contribution in [0.5, 0.6) is 0 Å². The molecule has 0 aliphatic carbocycles. The van der Waals surface area contributed by atoms with Crippen molar-refractivity contribution in [3.05, 3.63) is 40.6 Å². The molecular formula is C25H40N4O5Si. The maximum Gasteiger partial charge on any atom is 0.404 e. The number of nitrogens with one attached hydrogen (secondary N) is 2. The summed E-state index contributed by atoms with van der Waals surface area (Å²) in [6.45, 7) is 17.5. The van der Waals surface area contributed by atoms with E-state index >= 15 is 0 Å². The first-order valence-electron chi connectivity index (χ1n) is 12.0. The number of aromatic nitrogens is 1. The van der Waals surface area contributed by atoms with Crippen LogP contribution in [0.1, 0.15) is 54.4 Å². The van der Waals surface area contributed by atoms with Gasteiger partial charge in [0.05, 0.1) is 22.6 Å². The van der Waals surface area contributed by atoms with Gasteiger partial charge in [-0.3, -0.25) is 10.1 Å². The average Bonchev–Trinajstić information content (AvgIpc) is 2.72. The third-order valence-corrected chi connectivity index (χ3v) is 11.2. The van der Waals surface area contributed by atoms with Crippen LogP contribution >= 0.6 is 0 Å². The van der Waals surface area contributed by atoms with Gasteiger partial charge in [0.25, 0.3) is 0 Å². The van der Waals surface area contributed by atoms with E-state index in [9.17, 15) is 14.9 Å². The van der Waals surface area contributed by atoms with Crippen LogP contribution in [0.3, 0.4) is 0 Å². The van der Waals surface area contributed by atoms with Crippen molar-refractivity contribution in [2.24, 2.45) is 5.41 Å². The van der Waals surface area contributed by atoms with Crippen molar-refractivity contribution in [3.8, 4) is 0 Å². The van der Waals surface area contributed by atoms with Gasteiger partial charge in [0.2, 0.25) is 0 Å². The highest BCUT2D eigenvalue weighted by Crippen LogP contribution is 2.42. The van der Waals surface area contributed by atoms with Crippen LogP contribution in [0.25, 0.3) is 10.9 Å². The standard InChI is InChI=1S/C25H40N4O5Si/c1-24(2,3)22(34-35(7,8)25(4,5)6)19(14-11-15-26-23(30)31)28-21-17-12-9-10-13-18(17)27-16-20(21)29(32)33/h9-10,12-13,16,19,22,26H,11,14-15H2,1-8H3,(H,27,28)(H,30,31)/t19-,22?/m0/s1. The predicted molar refractivity (Wildman–Crippen MR) is 143 cm³/mol. The molecule has 35 heavy (non-hydrogen) atoms. The van der Waals surface area contributed by atoms with Crippen molar-refractivity contribution in [1.82, 2.24) is 10.3 Å². The van der Waals surface area contributed by atoms with Crippen LogP contribution in [0.2, 0.25) is 18.1 Å². The first kappa shape index (κ1) is 28.5. The van der Waals surface area contributed by atoms with Gasteiger partial charge in [-0.15, -0.1) is 0 Å². The molecule has 1 aromatic heterocycles. The van der Waals surface area contributed by atoms with E-state index in [1.54, 1.807) is 0 Å². The maximum atomic E-state index is 11.9. The Morgan fingerprint density at radius 1 is 1.20 bits per heavy atom. The minimum atomic E-state index is -2.21. The fourth-order valence-electron chi connectivity index (χ4n) is 3.78. The molecule has 2 aromatic rings. The number of para-hydroxylation sites is 1. The lowest BCUT2D eigenvalue weighted by atomic mass is 9.83. The molecule has 194 valence electrons. The van der Waals surface area contributed by atoms with Crippen molar-refractivity contribution in [1.29, 1.82) is 0 Å². The molecule has 0 spiro atoms. The van der Waals surface area contributed by atoms with Crippen LogP contribution < -0.4 is 10.6 Å². The van der Waals surface area contributed by atoms with E-state index in [0.717, 1.165) is 0 Å². The molecule has 1 aromatic carbocycles. The van der Waals surface area contributed by atoms with Gasteiger partial charge < -0.3 is 20.2 Å². The molecule has 1 amide bonds. The Morgan fingerprint density at radius 2 is 1.83 bits per heavy atom. The lowest BCUT2D eigenvalue weighted by molar-refractivity contribution is -0.384. The smallest absolute Gasteiger partial charge is 0.404 e. The number of hydrogen-bond acceptors (Lipinski definition) is 6. The van der Waals surface area contributed by atoms with Gasteiger partial charge >= 0.3 is 11.8 Å². The van der Waals surface area contributed by atoms with Crippen molar-refractivity contribution in [3.63, 3.8) is 0 Å². The van der Waals surface area contributed by atoms with Gasteiger partial charge in [-0.25, -0.2) is 9.78 Å². The van der Waals surface area contributed by atoms with Crippen LogP contribution in [-0.2, 0) is 4.43 Å². The molecule has 0 aliphatic rings. The number of pyridine rings is 1. The van der Waals surface area contributed by atoms with E-state index in [1.807, 2.05) is 24.3 Å². The predicted octanol–water partition coefficient (Wildman–Crippen LogP) is 6.41. The van der Waals surface area contributed by atoms with E-state index in [4.69, 9.17) is 9.53 Å². The highest BCUT2D eigenvalue weighted by atomic mass is 28.4. The molecule has 1 heterocycles. The summed E-state index contributed by atoms with van der Waals surface area (Å²) in [6.07, 6.45) is 1.04. The summed E-state index contributed by atoms with van der Waals surface area (Å²) in [5.41, 5.74) is 0.678. The number of nitrogens with zero attached hydrogens (tertiary/aromatic N) is 2. The number of hydrogen-bond donors (Lipinski definition) is 3. The molecule has 1 unspecified atom stereocenters. The van der Waals surface area contributed by atoms with Crippen molar-refractivity contribution in [2.75, 3.05) is 11.9 Å². The number of carboxylic acid groups (broad SMARTS) is 1. The number of amides is 1. The molecule has 0 bridgehead atoms. The fourth-order valence-corrected chi connectivity index (χ4v) is 5.29. The first-order valence-corrected chi connectivity index (χ1v) is 14.9. The summed E-state index contributed by atoms with van der Waals surface area (Å²) in [7, 11) is -2.21. The summed E-state index contributed by atoms with van der Waals surface area (Å²) in [5, 5.41) is 27.4. The summed E-state index contributed by atoms with van der Waals surface area (Å²) in [6, 6.07) is 7.02. The number of fused-ring (bicyclic) bond motifs is 1. The minimum Gasteiger partial charge on any atom is -0.465 e. The summed E-state index contributed by atoms with van der Waals surface area (Å²) < 4.78 is 6.95. The van der Waals surface area contributed by atoms with E-state index in [1.165, 1.54) is 6.20 Å². The molecular weight excluding hydrogens is 464 g/mol. The van der Waals surface area contributed by atoms with Gasteiger partial charge in [-0.2, -0.15) is 0 Å². The molecule has 2 atom stereocenters. The molecule has 0 aliphatic heterocycles. The zero-order valence-corrected chi connectivity index (χ0v) is 23.1. The quantitative estimate of drug-likeness (QED) is 0.148. The molecule has 2 rings (SSSR count). The fraction of sp³-hybridized carbons (Fsp3) is 0.600. The van der Waals surface area contributed by atoms with Crippen LogP contribution in [0.15, 0.2) is 30.5 Å². The van der Waals surface area contributed by atoms with Crippen molar-refractivity contribution < 1.29 is 19.3 Å². The molecule has 0 radical (unpaired) electrons. The number of benzene rings is 1. The van der Waals surface area contributed by atoms with E-state index < -0.39 is 19.3 Å². The SMILES string of the molecule is CC(C)(C)C(O[Si](C)(C)C(C)(C)C)[C@H](CCCNC(=O)O)Nc1c([N+](=O)[O-])cnc2ccccc12. The second kappa shape index (κ2) is 10.9. The Bertz CT molecular complexity index is 1050. The monoisotopic (exact) mass is 504 g/mol. The zero-order valence-electron chi connectivity index (χ0n) is 22.1. The molecule has 0 saturated carbocycles. The lowest BCUT2D eigenvalue weighted by Crippen LogP contribution is -2.53. The highest BCUT2D eigenvalue weighted by molar-refractivity contribution is 6.74. The Morgan fingerprint density at radius 3 is 2.37 bits per heavy atom. The summed E-state index contributed by atoms with van der Waals surface area (Å²) >= 11 is 0. The van der Waals surface area contributed by atoms with Crippen LogP contribution in [0.4, 0.5) is 16.2 Å². The molecule has 0 fully saturated rings. The number of carbonyl (C=O) groups is 1. The van der Waals surface area contributed by atoms with Gasteiger partial charge in [-0.1, -0.05) is 59.7 Å². The summed E-state index contributed by atoms with van der Waals surface area (Å²) in [4.78, 5) is 26.7. The minimum absolute atomic E-state index is 0.0265. The van der Waals surface area contributed by atoms with Gasteiger partial charge in [0.1, 0.15) is 11.9 Å². The second-order valence-electron chi connectivity index (χ2n) is 11.6. The molecule has 0 saturated heterocycles. The second-order valence-corrected chi connectivity index (χ2v) is 16.3. The third-order valence-electron chi connectivity index (χ3n) is 6.70. The van der Waals surface area contributed by atoms with E-state index in [-0.39, 0.29) is 34.8 Å². The van der Waals surface area contributed by atoms with E-state index in [0.29, 0.717) is 29.4 Å². The van der Waals surface area contributed by atoms with Crippen LogP contribution in [-0.4, -0.2) is 48.1 Å². The topological polar surface area (TPSA) is 127 Å². The number of nitro groups is 1. The Hall–Kier alpha value is -2.72. The largest absolute Gasteiger partial charge is 0.465 e. The molecule has 10 heteroatoms. The number of anilines is 1. The van der Waals surface area contributed by atoms with E-state index in [2.05, 4.69) is 70.3 Å². The Labute approximate surface area is 208 Å². The van der Waals surface area contributed by atoms with Gasteiger partial charge in [-0.05, 0) is 42.5 Å².